The van der Waals surface area contributed by atoms with Crippen molar-refractivity contribution < 1.29 is 19.0 Å². The van der Waals surface area contributed by atoms with E-state index in [1.807, 2.05) is 24.6 Å². The second-order valence-electron chi connectivity index (χ2n) is 8.55. The van der Waals surface area contributed by atoms with Gasteiger partial charge < -0.3 is 14.2 Å². The number of hydrogen-bond acceptors (Lipinski definition) is 6. The molecule has 7 heteroatoms. The summed E-state index contributed by atoms with van der Waals surface area (Å²) in [5.74, 6) is 0.0408. The van der Waals surface area contributed by atoms with E-state index < -0.39 is 12.3 Å². The van der Waals surface area contributed by atoms with E-state index in [1.54, 1.807) is 20.2 Å². The zero-order valence-corrected chi connectivity index (χ0v) is 20.4. The van der Waals surface area contributed by atoms with E-state index in [1.165, 1.54) is 12.7 Å². The first kappa shape index (κ1) is 25.3. The van der Waals surface area contributed by atoms with E-state index in [4.69, 9.17) is 14.2 Å². The Hall–Kier alpha value is -2.93. The molecular weight excluding hydrogens is 406 g/mol. The first-order valence-corrected chi connectivity index (χ1v) is 10.8. The van der Waals surface area contributed by atoms with Crippen molar-refractivity contribution in [1.82, 2.24) is 9.78 Å². The Morgan fingerprint density at radius 1 is 1.22 bits per heavy atom. The number of methoxy groups -OCH3 is 1. The summed E-state index contributed by atoms with van der Waals surface area (Å²) in [5, 5.41) is 4.56. The molecule has 174 valence electrons. The molecule has 0 N–H and O–H groups in total. The molecule has 0 aliphatic carbocycles. The normalized spacial score (nSPS) is 13.8. The molecule has 0 bridgehead atoms. The van der Waals surface area contributed by atoms with Crippen LogP contribution in [0.1, 0.15) is 57.1 Å². The predicted molar refractivity (Wildman–Crippen MR) is 128 cm³/mol. The lowest BCUT2D eigenvalue weighted by atomic mass is 9.86. The molecule has 0 saturated heterocycles. The third kappa shape index (κ3) is 6.53. The van der Waals surface area contributed by atoms with Crippen LogP contribution in [-0.4, -0.2) is 49.0 Å². The summed E-state index contributed by atoms with van der Waals surface area (Å²) in [7, 11) is 3.16. The van der Waals surface area contributed by atoms with Crippen molar-refractivity contribution in [2.24, 2.45) is 4.99 Å². The maximum atomic E-state index is 11.9. The Balaban J connectivity index is 2.62. The number of hydrogen-bond donors (Lipinski definition) is 0. The van der Waals surface area contributed by atoms with Crippen molar-refractivity contribution in [3.05, 3.63) is 52.8 Å². The first-order valence-electron chi connectivity index (χ1n) is 10.8. The minimum absolute atomic E-state index is 0.0442. The van der Waals surface area contributed by atoms with Gasteiger partial charge in [-0.2, -0.15) is 5.10 Å². The largest absolute Gasteiger partial charge is 0.452 e. The van der Waals surface area contributed by atoms with Crippen molar-refractivity contribution >= 4 is 23.5 Å². The Morgan fingerprint density at radius 2 is 1.88 bits per heavy atom. The minimum Gasteiger partial charge on any atom is -0.452 e. The van der Waals surface area contributed by atoms with Gasteiger partial charge in [-0.25, -0.2) is 4.79 Å². The third-order valence-electron chi connectivity index (χ3n) is 4.84. The Kier molecular flexibility index (Phi) is 8.78. The quantitative estimate of drug-likeness (QED) is 0.245. The molecule has 0 saturated carbocycles. The van der Waals surface area contributed by atoms with Crippen molar-refractivity contribution in [3.8, 4) is 0 Å². The van der Waals surface area contributed by atoms with Gasteiger partial charge in [0.1, 0.15) is 12.3 Å². The third-order valence-corrected chi connectivity index (χ3v) is 4.84. The number of rotatable bonds is 9. The number of nitrogens with zero attached hydrogens (tertiary/aromatic N) is 3. The van der Waals surface area contributed by atoms with Gasteiger partial charge in [0.2, 0.25) is 6.29 Å². The monoisotopic (exact) mass is 441 g/mol. The van der Waals surface area contributed by atoms with Crippen molar-refractivity contribution in [2.45, 2.75) is 59.8 Å². The molecule has 1 aromatic heterocycles. The molecule has 2 aromatic rings. The SMILES string of the molecule is CCn1nc(C)cc1/C(OC(C)OC(=O)COC)=C(\C=NC)c1ccc(C(C)(C)C)cc1. The molecule has 0 fully saturated rings. The van der Waals surface area contributed by atoms with Gasteiger partial charge in [-0.15, -0.1) is 0 Å². The average molecular weight is 442 g/mol. The highest BCUT2D eigenvalue weighted by molar-refractivity contribution is 6.18. The molecular formula is C25H35N3O4. The van der Waals surface area contributed by atoms with Crippen LogP contribution in [-0.2, 0) is 31.0 Å². The molecule has 1 atom stereocenters. The number of carbonyl (C=O) groups is 1. The Labute approximate surface area is 191 Å². The Bertz CT molecular complexity index is 966. The van der Waals surface area contributed by atoms with Gasteiger partial charge in [0.05, 0.1) is 5.69 Å². The highest BCUT2D eigenvalue weighted by atomic mass is 16.7. The molecule has 1 unspecified atom stereocenters. The van der Waals surface area contributed by atoms with E-state index in [2.05, 4.69) is 55.1 Å². The van der Waals surface area contributed by atoms with Gasteiger partial charge in [-0.3, -0.25) is 9.67 Å². The zero-order valence-electron chi connectivity index (χ0n) is 20.4. The number of ether oxygens (including phenoxy) is 3. The average Bonchev–Trinajstić information content (AvgIpc) is 3.10. The van der Waals surface area contributed by atoms with Crippen LogP contribution in [0, 0.1) is 6.92 Å². The zero-order chi connectivity index (χ0) is 23.9. The molecule has 7 nitrogen and oxygen atoms in total. The minimum atomic E-state index is -0.831. The smallest absolute Gasteiger partial charge is 0.335 e. The van der Waals surface area contributed by atoms with Gasteiger partial charge >= 0.3 is 5.97 Å². The number of aliphatic imine (C=N–C) groups is 1. The number of esters is 1. The van der Waals surface area contributed by atoms with Crippen LogP contribution in [0.5, 0.6) is 0 Å². The van der Waals surface area contributed by atoms with Crippen molar-refractivity contribution in [3.63, 3.8) is 0 Å². The highest BCUT2D eigenvalue weighted by Crippen LogP contribution is 2.30. The molecule has 2 rings (SSSR count). The molecule has 0 radical (unpaired) electrons. The van der Waals surface area contributed by atoms with Crippen LogP contribution in [0.25, 0.3) is 11.3 Å². The molecule has 0 aliphatic rings. The summed E-state index contributed by atoms with van der Waals surface area (Å²) in [6.07, 6.45) is 0.926. The van der Waals surface area contributed by atoms with Gasteiger partial charge in [0.15, 0.2) is 5.76 Å². The standard InChI is InChI=1S/C25H35N3O4/c1-9-28-22(14-17(2)27-28)24(32-18(3)31-23(29)16-30-8)21(15-26-7)19-10-12-20(13-11-19)25(4,5)6/h10-15,18H,9,16H2,1-8H3/b24-21-,26-15?. The fraction of sp³-hybridized carbons (Fsp3) is 0.480. The van der Waals surface area contributed by atoms with Crippen molar-refractivity contribution in [1.29, 1.82) is 0 Å². The van der Waals surface area contributed by atoms with Gasteiger partial charge in [0.25, 0.3) is 0 Å². The number of benzene rings is 1. The molecule has 1 aromatic carbocycles. The van der Waals surface area contributed by atoms with E-state index in [-0.39, 0.29) is 12.0 Å². The lowest BCUT2D eigenvalue weighted by molar-refractivity contribution is -0.168. The number of aryl methyl sites for hydroxylation is 2. The lowest BCUT2D eigenvalue weighted by Gasteiger charge is -2.22. The summed E-state index contributed by atoms with van der Waals surface area (Å²) < 4.78 is 18.3. The maximum Gasteiger partial charge on any atom is 0.335 e. The van der Waals surface area contributed by atoms with Crippen LogP contribution in [0.15, 0.2) is 35.3 Å². The van der Waals surface area contributed by atoms with E-state index in [9.17, 15) is 4.79 Å². The van der Waals surface area contributed by atoms with Crippen molar-refractivity contribution in [2.75, 3.05) is 20.8 Å². The van der Waals surface area contributed by atoms with E-state index in [0.29, 0.717) is 12.3 Å². The van der Waals surface area contributed by atoms with E-state index >= 15 is 0 Å². The molecule has 1 heterocycles. The topological polar surface area (TPSA) is 74.9 Å². The summed E-state index contributed by atoms with van der Waals surface area (Å²) in [5.41, 5.74) is 4.64. The highest BCUT2D eigenvalue weighted by Gasteiger charge is 2.22. The number of aromatic nitrogens is 2. The second-order valence-corrected chi connectivity index (χ2v) is 8.55. The fourth-order valence-corrected chi connectivity index (χ4v) is 3.30. The number of allylic oxidation sites excluding steroid dienone is 1. The van der Waals surface area contributed by atoms with Crippen LogP contribution in [0.3, 0.4) is 0 Å². The molecule has 0 amide bonds. The number of carbonyl (C=O) groups excluding carboxylic acids is 1. The van der Waals surface area contributed by atoms with Crippen LogP contribution >= 0.6 is 0 Å². The van der Waals surface area contributed by atoms with Gasteiger partial charge in [0, 0.05) is 39.4 Å². The van der Waals surface area contributed by atoms with Gasteiger partial charge in [-0.05, 0) is 36.5 Å². The van der Waals surface area contributed by atoms with E-state index in [0.717, 1.165) is 22.5 Å². The summed E-state index contributed by atoms with van der Waals surface area (Å²) >= 11 is 0. The fourth-order valence-electron chi connectivity index (χ4n) is 3.30. The second kappa shape index (κ2) is 11.1. The molecule has 0 aliphatic heterocycles. The summed E-state index contributed by atoms with van der Waals surface area (Å²) in [4.78, 5) is 16.2. The summed E-state index contributed by atoms with van der Waals surface area (Å²) in [6, 6.07) is 10.3. The van der Waals surface area contributed by atoms with Crippen LogP contribution < -0.4 is 0 Å². The lowest BCUT2D eigenvalue weighted by Crippen LogP contribution is -2.22. The predicted octanol–water partition coefficient (Wildman–Crippen LogP) is 4.63. The molecule has 32 heavy (non-hydrogen) atoms. The van der Waals surface area contributed by atoms with Gasteiger partial charge in [-0.1, -0.05) is 45.0 Å². The van der Waals surface area contributed by atoms with Crippen LogP contribution in [0.2, 0.25) is 0 Å². The van der Waals surface area contributed by atoms with Crippen LogP contribution in [0.4, 0.5) is 0 Å². The summed E-state index contributed by atoms with van der Waals surface area (Å²) in [6.45, 7) is 12.7. The Morgan fingerprint density at radius 3 is 2.41 bits per heavy atom. The maximum absolute atomic E-state index is 11.9. The first-order chi connectivity index (χ1) is 15.1. The molecule has 0 spiro atoms.